The summed E-state index contributed by atoms with van der Waals surface area (Å²) in [6.07, 6.45) is 3.98. The Morgan fingerprint density at radius 3 is 2.37 bits per heavy atom. The smallest absolute Gasteiger partial charge is 0.0330 e. The standard InChI is InChI=1S/C15H24BrN3/c1-18(2)15(5-4-6-15)11-19(3)10-12-7-13(16)9-14(17)8-12/h7-9H,4-6,10-11,17H2,1-3H3. The van der Waals surface area contributed by atoms with E-state index < -0.39 is 0 Å². The highest BCUT2D eigenvalue weighted by molar-refractivity contribution is 9.10. The van der Waals surface area contributed by atoms with Gasteiger partial charge in [-0.05, 0) is 64.2 Å². The van der Waals surface area contributed by atoms with Gasteiger partial charge in [-0.1, -0.05) is 15.9 Å². The minimum absolute atomic E-state index is 0.381. The van der Waals surface area contributed by atoms with Gasteiger partial charge in [-0.2, -0.15) is 0 Å². The molecule has 0 radical (unpaired) electrons. The Hall–Kier alpha value is -0.580. The Kier molecular flexibility index (Phi) is 4.54. The molecule has 0 aliphatic heterocycles. The molecule has 0 amide bonds. The molecule has 3 nitrogen and oxygen atoms in total. The van der Waals surface area contributed by atoms with Crippen molar-refractivity contribution < 1.29 is 0 Å². The summed E-state index contributed by atoms with van der Waals surface area (Å²) >= 11 is 3.51. The second-order valence-corrected chi connectivity index (χ2v) is 6.95. The zero-order valence-electron chi connectivity index (χ0n) is 12.1. The number of benzene rings is 1. The molecule has 0 aromatic heterocycles. The Morgan fingerprint density at radius 2 is 1.89 bits per heavy atom. The maximum atomic E-state index is 5.89. The molecule has 0 heterocycles. The lowest BCUT2D eigenvalue weighted by Gasteiger charge is -2.49. The van der Waals surface area contributed by atoms with Crippen molar-refractivity contribution in [1.82, 2.24) is 9.80 Å². The Bertz CT molecular complexity index is 421. The second kappa shape index (κ2) is 5.81. The van der Waals surface area contributed by atoms with Gasteiger partial charge in [0.05, 0.1) is 0 Å². The van der Waals surface area contributed by atoms with Crippen molar-refractivity contribution in [3.8, 4) is 0 Å². The molecular weight excluding hydrogens is 302 g/mol. The van der Waals surface area contributed by atoms with Crippen LogP contribution in [-0.4, -0.2) is 43.0 Å². The molecular formula is C15H24BrN3. The third-order valence-corrected chi connectivity index (χ3v) is 4.69. The summed E-state index contributed by atoms with van der Waals surface area (Å²) < 4.78 is 1.06. The van der Waals surface area contributed by atoms with Gasteiger partial charge in [0.25, 0.3) is 0 Å². The van der Waals surface area contributed by atoms with Crippen molar-refractivity contribution in [2.24, 2.45) is 0 Å². The summed E-state index contributed by atoms with van der Waals surface area (Å²) in [4.78, 5) is 4.79. The number of nitrogens with zero attached hydrogens (tertiary/aromatic N) is 2. The fraction of sp³-hybridized carbons (Fsp3) is 0.600. The van der Waals surface area contributed by atoms with E-state index in [2.05, 4.69) is 59.0 Å². The number of hydrogen-bond acceptors (Lipinski definition) is 3. The topological polar surface area (TPSA) is 32.5 Å². The van der Waals surface area contributed by atoms with E-state index in [0.29, 0.717) is 5.54 Å². The zero-order chi connectivity index (χ0) is 14.0. The Balaban J connectivity index is 1.99. The van der Waals surface area contributed by atoms with Gasteiger partial charge in [-0.3, -0.25) is 0 Å². The van der Waals surface area contributed by atoms with E-state index in [1.807, 2.05) is 6.07 Å². The lowest BCUT2D eigenvalue weighted by Crippen LogP contribution is -2.56. The summed E-state index contributed by atoms with van der Waals surface area (Å²) in [5, 5.41) is 0. The molecule has 1 aliphatic carbocycles. The van der Waals surface area contributed by atoms with Gasteiger partial charge in [0.1, 0.15) is 0 Å². The molecule has 2 N–H and O–H groups in total. The van der Waals surface area contributed by atoms with Crippen molar-refractivity contribution in [1.29, 1.82) is 0 Å². The minimum Gasteiger partial charge on any atom is -0.399 e. The van der Waals surface area contributed by atoms with Crippen LogP contribution in [0.3, 0.4) is 0 Å². The quantitative estimate of drug-likeness (QED) is 0.845. The van der Waals surface area contributed by atoms with Gasteiger partial charge in [0, 0.05) is 28.8 Å². The summed E-state index contributed by atoms with van der Waals surface area (Å²) in [5.41, 5.74) is 8.36. The molecule has 106 valence electrons. The van der Waals surface area contributed by atoms with E-state index in [4.69, 9.17) is 5.73 Å². The molecule has 0 unspecified atom stereocenters. The molecule has 1 saturated carbocycles. The predicted molar refractivity (Wildman–Crippen MR) is 85.2 cm³/mol. The maximum absolute atomic E-state index is 5.89. The van der Waals surface area contributed by atoms with Crippen LogP contribution in [-0.2, 0) is 6.54 Å². The number of hydrogen-bond donors (Lipinski definition) is 1. The fourth-order valence-electron chi connectivity index (χ4n) is 2.97. The first-order chi connectivity index (χ1) is 8.91. The van der Waals surface area contributed by atoms with Crippen LogP contribution in [0.15, 0.2) is 22.7 Å². The van der Waals surface area contributed by atoms with Crippen LogP contribution in [0, 0.1) is 0 Å². The lowest BCUT2D eigenvalue weighted by molar-refractivity contribution is 0.0259. The van der Waals surface area contributed by atoms with Gasteiger partial charge >= 0.3 is 0 Å². The molecule has 0 saturated heterocycles. The van der Waals surface area contributed by atoms with Crippen molar-refractivity contribution in [2.75, 3.05) is 33.4 Å². The average Bonchev–Trinajstić information content (AvgIpc) is 2.21. The number of rotatable bonds is 5. The van der Waals surface area contributed by atoms with Gasteiger partial charge in [-0.25, -0.2) is 0 Å². The van der Waals surface area contributed by atoms with Crippen LogP contribution >= 0.6 is 15.9 Å². The maximum Gasteiger partial charge on any atom is 0.0330 e. The number of nitrogen functional groups attached to an aromatic ring is 1. The number of nitrogens with two attached hydrogens (primary N) is 1. The second-order valence-electron chi connectivity index (χ2n) is 6.04. The summed E-state index contributed by atoms with van der Waals surface area (Å²) in [7, 11) is 6.59. The van der Waals surface area contributed by atoms with E-state index >= 15 is 0 Å². The minimum atomic E-state index is 0.381. The van der Waals surface area contributed by atoms with Crippen LogP contribution < -0.4 is 5.73 Å². The van der Waals surface area contributed by atoms with Gasteiger partial charge in [0.2, 0.25) is 0 Å². The third-order valence-electron chi connectivity index (χ3n) is 4.23. The monoisotopic (exact) mass is 325 g/mol. The Labute approximate surface area is 124 Å². The van der Waals surface area contributed by atoms with Crippen LogP contribution in [0.25, 0.3) is 0 Å². The van der Waals surface area contributed by atoms with Crippen LogP contribution in [0.2, 0.25) is 0 Å². The molecule has 0 bridgehead atoms. The average molecular weight is 326 g/mol. The molecule has 1 aliphatic rings. The SMILES string of the molecule is CN(Cc1cc(N)cc(Br)c1)CC1(N(C)C)CCC1. The van der Waals surface area contributed by atoms with Crippen LogP contribution in [0.4, 0.5) is 5.69 Å². The lowest BCUT2D eigenvalue weighted by atomic mass is 9.75. The van der Waals surface area contributed by atoms with Crippen molar-refractivity contribution in [3.63, 3.8) is 0 Å². The summed E-state index contributed by atoms with van der Waals surface area (Å²) in [6.45, 7) is 2.06. The van der Waals surface area contributed by atoms with Crippen LogP contribution in [0.5, 0.6) is 0 Å². The highest BCUT2D eigenvalue weighted by Gasteiger charge is 2.39. The van der Waals surface area contributed by atoms with Crippen molar-refractivity contribution in [2.45, 2.75) is 31.3 Å². The highest BCUT2D eigenvalue weighted by atomic mass is 79.9. The summed E-state index contributed by atoms with van der Waals surface area (Å²) in [5.74, 6) is 0. The number of likely N-dealkylation sites (N-methyl/N-ethyl adjacent to an activating group) is 2. The van der Waals surface area contributed by atoms with Crippen molar-refractivity contribution in [3.05, 3.63) is 28.2 Å². The number of halogens is 1. The van der Waals surface area contributed by atoms with E-state index in [1.165, 1.54) is 24.8 Å². The zero-order valence-corrected chi connectivity index (χ0v) is 13.7. The van der Waals surface area contributed by atoms with E-state index in [9.17, 15) is 0 Å². The first-order valence-corrected chi connectivity index (χ1v) is 7.61. The molecule has 0 spiro atoms. The molecule has 0 atom stereocenters. The highest BCUT2D eigenvalue weighted by Crippen LogP contribution is 2.36. The number of anilines is 1. The van der Waals surface area contributed by atoms with Crippen molar-refractivity contribution >= 4 is 21.6 Å². The van der Waals surface area contributed by atoms with Gasteiger partial charge < -0.3 is 15.5 Å². The van der Waals surface area contributed by atoms with Crippen LogP contribution in [0.1, 0.15) is 24.8 Å². The predicted octanol–water partition coefficient (Wildman–Crippen LogP) is 2.95. The van der Waals surface area contributed by atoms with Gasteiger partial charge in [-0.15, -0.1) is 0 Å². The van der Waals surface area contributed by atoms with Gasteiger partial charge in [0.15, 0.2) is 0 Å². The normalized spacial score (nSPS) is 17.8. The third kappa shape index (κ3) is 3.50. The molecule has 1 aromatic rings. The van der Waals surface area contributed by atoms with E-state index in [1.54, 1.807) is 0 Å². The Morgan fingerprint density at radius 1 is 1.21 bits per heavy atom. The summed E-state index contributed by atoms with van der Waals surface area (Å²) in [6, 6.07) is 6.15. The molecule has 4 heteroatoms. The first kappa shape index (κ1) is 14.8. The first-order valence-electron chi connectivity index (χ1n) is 6.82. The molecule has 1 fully saturated rings. The fourth-order valence-corrected chi connectivity index (χ4v) is 3.53. The van der Waals surface area contributed by atoms with E-state index in [-0.39, 0.29) is 0 Å². The molecule has 19 heavy (non-hydrogen) atoms. The molecule has 1 aromatic carbocycles. The van der Waals surface area contributed by atoms with E-state index in [0.717, 1.165) is 23.2 Å². The molecule has 2 rings (SSSR count). The largest absolute Gasteiger partial charge is 0.399 e.